The summed E-state index contributed by atoms with van der Waals surface area (Å²) in [4.78, 5) is 0.796. The molecule has 0 aromatic rings. The Morgan fingerprint density at radius 2 is 1.00 bits per heavy atom. The lowest BCUT2D eigenvalue weighted by Gasteiger charge is -2.10. The molecule has 19 heavy (non-hydrogen) atoms. The fourth-order valence-corrected chi connectivity index (χ4v) is 3.16. The average molecular weight is 284 g/mol. The Hall–Kier alpha value is 0.0500. The van der Waals surface area contributed by atoms with Crippen molar-refractivity contribution in [3.8, 4) is 0 Å². The molecule has 0 aliphatic heterocycles. The van der Waals surface area contributed by atoms with Crippen LogP contribution in [0.1, 0.15) is 96.3 Å². The fourth-order valence-electron chi connectivity index (χ4n) is 2.90. The van der Waals surface area contributed by atoms with Gasteiger partial charge in [-0.3, -0.25) is 0 Å². The van der Waals surface area contributed by atoms with Crippen LogP contribution in [0.25, 0.3) is 0 Å². The van der Waals surface area contributed by atoms with Crippen LogP contribution in [0.15, 0.2) is 0 Å². The van der Waals surface area contributed by atoms with E-state index in [2.05, 4.69) is 0 Å². The SMILES string of the molecule is [O]C1CCCCCCCCCCCCCCCC1=S. The maximum atomic E-state index is 11.9. The minimum absolute atomic E-state index is 0.564. The molecule has 1 saturated carbocycles. The quantitative estimate of drug-likeness (QED) is 0.498. The van der Waals surface area contributed by atoms with E-state index in [-0.39, 0.29) is 0 Å². The Bertz CT molecular complexity index is 227. The van der Waals surface area contributed by atoms with Gasteiger partial charge in [0.2, 0.25) is 0 Å². The minimum atomic E-state index is -0.564. The number of thiocarbonyl (C=S) groups is 1. The van der Waals surface area contributed by atoms with Gasteiger partial charge in [0.1, 0.15) is 6.10 Å². The van der Waals surface area contributed by atoms with E-state index in [9.17, 15) is 5.11 Å². The zero-order chi connectivity index (χ0) is 13.8. The maximum absolute atomic E-state index is 11.9. The number of hydrogen-bond acceptors (Lipinski definition) is 1. The summed E-state index contributed by atoms with van der Waals surface area (Å²) in [6.45, 7) is 0. The van der Waals surface area contributed by atoms with Crippen LogP contribution < -0.4 is 0 Å². The molecule has 0 N–H and O–H groups in total. The van der Waals surface area contributed by atoms with Crippen LogP contribution in [0.5, 0.6) is 0 Å². The first-order valence-electron chi connectivity index (χ1n) is 8.49. The lowest BCUT2D eigenvalue weighted by molar-refractivity contribution is 0.135. The first-order chi connectivity index (χ1) is 9.30. The van der Waals surface area contributed by atoms with Gasteiger partial charge in [0.05, 0.1) is 0 Å². The van der Waals surface area contributed by atoms with Gasteiger partial charge >= 0.3 is 0 Å². The second-order valence-electron chi connectivity index (χ2n) is 6.09. The molecule has 0 spiro atoms. The van der Waals surface area contributed by atoms with E-state index < -0.39 is 6.10 Å². The highest BCUT2D eigenvalue weighted by Crippen LogP contribution is 2.16. The fraction of sp³-hybridized carbons (Fsp3) is 0.941. The second-order valence-corrected chi connectivity index (χ2v) is 6.61. The van der Waals surface area contributed by atoms with E-state index in [1.54, 1.807) is 0 Å². The molecule has 1 atom stereocenters. The van der Waals surface area contributed by atoms with Gasteiger partial charge in [0.15, 0.2) is 0 Å². The number of rotatable bonds is 0. The normalized spacial score (nSPS) is 26.8. The molecule has 1 fully saturated rings. The van der Waals surface area contributed by atoms with Gasteiger partial charge in [-0.05, 0) is 19.3 Å². The summed E-state index contributed by atoms with van der Waals surface area (Å²) in [6, 6.07) is 0. The summed E-state index contributed by atoms with van der Waals surface area (Å²) in [7, 11) is 0. The van der Waals surface area contributed by atoms with Crippen molar-refractivity contribution in [3.63, 3.8) is 0 Å². The third-order valence-corrected chi connectivity index (χ3v) is 4.72. The Morgan fingerprint density at radius 1 is 0.632 bits per heavy atom. The molecule has 111 valence electrons. The zero-order valence-electron chi connectivity index (χ0n) is 12.5. The molecule has 0 heterocycles. The van der Waals surface area contributed by atoms with E-state index >= 15 is 0 Å². The summed E-state index contributed by atoms with van der Waals surface area (Å²) in [5.41, 5.74) is 0. The van der Waals surface area contributed by atoms with Crippen LogP contribution in [0, 0.1) is 0 Å². The lowest BCUT2D eigenvalue weighted by Crippen LogP contribution is -2.16. The van der Waals surface area contributed by atoms with Gasteiger partial charge < -0.3 is 0 Å². The molecule has 0 saturated heterocycles. The van der Waals surface area contributed by atoms with Crippen molar-refractivity contribution in [2.45, 2.75) is 102 Å². The highest BCUT2D eigenvalue weighted by atomic mass is 32.1. The summed E-state index contributed by atoms with van der Waals surface area (Å²) >= 11 is 5.28. The van der Waals surface area contributed by atoms with Crippen molar-refractivity contribution >= 4 is 17.1 Å². The first kappa shape index (κ1) is 17.1. The molecule has 1 aliphatic carbocycles. The average Bonchev–Trinajstić information content (AvgIpc) is 2.41. The summed E-state index contributed by atoms with van der Waals surface area (Å²) in [6.07, 6.45) is 18.2. The Labute approximate surface area is 125 Å². The van der Waals surface area contributed by atoms with Crippen LogP contribution in [0.2, 0.25) is 0 Å². The molecule has 0 aromatic heterocycles. The molecular weight excluding hydrogens is 252 g/mol. The molecule has 0 aromatic carbocycles. The van der Waals surface area contributed by atoms with Crippen molar-refractivity contribution in [2.24, 2.45) is 0 Å². The summed E-state index contributed by atoms with van der Waals surface area (Å²) < 4.78 is 0. The zero-order valence-corrected chi connectivity index (χ0v) is 13.3. The van der Waals surface area contributed by atoms with Crippen molar-refractivity contribution < 1.29 is 5.11 Å². The number of hydrogen-bond donors (Lipinski definition) is 0. The van der Waals surface area contributed by atoms with E-state index in [1.807, 2.05) is 0 Å². The predicted octanol–water partition coefficient (Wildman–Crippen LogP) is 6.02. The van der Waals surface area contributed by atoms with E-state index in [1.165, 1.54) is 70.6 Å². The van der Waals surface area contributed by atoms with Crippen molar-refractivity contribution in [1.29, 1.82) is 0 Å². The molecule has 1 unspecified atom stereocenters. The molecular formula is C17H31OS. The smallest absolute Gasteiger partial charge is 0.124 e. The third kappa shape index (κ3) is 9.56. The molecule has 0 bridgehead atoms. The lowest BCUT2D eigenvalue weighted by atomic mass is 10.0. The Morgan fingerprint density at radius 3 is 1.47 bits per heavy atom. The predicted molar refractivity (Wildman–Crippen MR) is 86.3 cm³/mol. The topological polar surface area (TPSA) is 19.9 Å². The standard InChI is InChI=1S/C17H31OS/c18-16-14-12-10-8-6-4-2-1-3-5-7-9-11-13-15-17(16)19/h16H,1-15H2. The summed E-state index contributed by atoms with van der Waals surface area (Å²) in [5.74, 6) is 0. The molecule has 1 radical (unpaired) electrons. The summed E-state index contributed by atoms with van der Waals surface area (Å²) in [5, 5.41) is 11.9. The minimum Gasteiger partial charge on any atom is -0.227 e. The van der Waals surface area contributed by atoms with Crippen molar-refractivity contribution in [2.75, 3.05) is 0 Å². The van der Waals surface area contributed by atoms with Crippen LogP contribution in [-0.4, -0.2) is 11.0 Å². The van der Waals surface area contributed by atoms with Gasteiger partial charge in [-0.2, -0.15) is 0 Å². The largest absolute Gasteiger partial charge is 0.227 e. The van der Waals surface area contributed by atoms with Crippen LogP contribution in [-0.2, 0) is 5.11 Å². The first-order valence-corrected chi connectivity index (χ1v) is 8.90. The van der Waals surface area contributed by atoms with Crippen LogP contribution >= 0.6 is 12.2 Å². The van der Waals surface area contributed by atoms with E-state index in [0.717, 1.165) is 30.5 Å². The van der Waals surface area contributed by atoms with Crippen LogP contribution in [0.4, 0.5) is 0 Å². The van der Waals surface area contributed by atoms with E-state index in [4.69, 9.17) is 12.2 Å². The molecule has 0 amide bonds. The second kappa shape index (κ2) is 11.8. The molecule has 2 heteroatoms. The Balaban J connectivity index is 2.21. The van der Waals surface area contributed by atoms with Gasteiger partial charge in [-0.25, -0.2) is 5.11 Å². The Kier molecular flexibility index (Phi) is 10.7. The molecule has 1 rings (SSSR count). The van der Waals surface area contributed by atoms with Gasteiger partial charge in [-0.15, -0.1) is 0 Å². The highest BCUT2D eigenvalue weighted by molar-refractivity contribution is 7.80. The van der Waals surface area contributed by atoms with Crippen molar-refractivity contribution in [3.05, 3.63) is 0 Å². The van der Waals surface area contributed by atoms with Gasteiger partial charge in [0, 0.05) is 4.86 Å². The van der Waals surface area contributed by atoms with Crippen molar-refractivity contribution in [1.82, 2.24) is 0 Å². The maximum Gasteiger partial charge on any atom is 0.124 e. The van der Waals surface area contributed by atoms with Gasteiger partial charge in [0.25, 0.3) is 0 Å². The van der Waals surface area contributed by atoms with Crippen LogP contribution in [0.3, 0.4) is 0 Å². The van der Waals surface area contributed by atoms with Gasteiger partial charge in [-0.1, -0.05) is 89.3 Å². The molecule has 1 aliphatic rings. The monoisotopic (exact) mass is 283 g/mol. The van der Waals surface area contributed by atoms with E-state index in [0.29, 0.717) is 0 Å². The molecule has 1 nitrogen and oxygen atoms in total. The third-order valence-electron chi connectivity index (χ3n) is 4.25. The highest BCUT2D eigenvalue weighted by Gasteiger charge is 2.11.